The lowest BCUT2D eigenvalue weighted by Crippen LogP contribution is -2.32. The van der Waals surface area contributed by atoms with Gasteiger partial charge in [-0.15, -0.1) is 0 Å². The van der Waals surface area contributed by atoms with E-state index in [1.165, 1.54) is 10.9 Å². The number of carbonyl (C=O) groups is 1. The van der Waals surface area contributed by atoms with Crippen molar-refractivity contribution in [3.8, 4) is 0 Å². The Morgan fingerprint density at radius 3 is 3.11 bits per heavy atom. The number of ether oxygens (including phenoxy) is 1. The van der Waals surface area contributed by atoms with Gasteiger partial charge in [0.15, 0.2) is 0 Å². The smallest absolute Gasteiger partial charge is 0.320 e. The number of rotatable bonds is 5. The van der Waals surface area contributed by atoms with Crippen LogP contribution >= 0.6 is 0 Å². The summed E-state index contributed by atoms with van der Waals surface area (Å²) in [6.45, 7) is 3.32. The number of hydrogen-bond donors (Lipinski definition) is 1. The van der Waals surface area contributed by atoms with E-state index in [1.54, 1.807) is 6.92 Å². The first-order valence-corrected chi connectivity index (χ1v) is 6.23. The summed E-state index contributed by atoms with van der Waals surface area (Å²) < 4.78 is 6.74. The Kier molecular flexibility index (Phi) is 4.10. The van der Waals surface area contributed by atoms with Gasteiger partial charge < -0.3 is 10.1 Å². The van der Waals surface area contributed by atoms with Gasteiger partial charge >= 0.3 is 5.69 Å². The van der Waals surface area contributed by atoms with Crippen LogP contribution in [0, 0.1) is 10.1 Å². The highest BCUT2D eigenvalue weighted by molar-refractivity contribution is 5.96. The highest BCUT2D eigenvalue weighted by Crippen LogP contribution is 2.17. The fraction of sp³-hybridized carbons (Fsp3) is 0.636. The van der Waals surface area contributed by atoms with Gasteiger partial charge in [-0.25, -0.2) is 0 Å². The molecule has 1 saturated heterocycles. The number of amides is 1. The van der Waals surface area contributed by atoms with E-state index in [1.807, 2.05) is 0 Å². The third-order valence-electron chi connectivity index (χ3n) is 2.99. The second kappa shape index (κ2) is 5.79. The van der Waals surface area contributed by atoms with E-state index in [0.717, 1.165) is 12.8 Å². The first kappa shape index (κ1) is 13.5. The van der Waals surface area contributed by atoms with Crippen molar-refractivity contribution in [2.45, 2.75) is 32.4 Å². The number of nitrogens with zero attached hydrogens (tertiary/aromatic N) is 3. The van der Waals surface area contributed by atoms with Crippen molar-refractivity contribution in [3.05, 3.63) is 22.0 Å². The predicted molar refractivity (Wildman–Crippen MR) is 65.9 cm³/mol. The Bertz CT molecular complexity index is 479. The van der Waals surface area contributed by atoms with Crippen molar-refractivity contribution >= 4 is 11.6 Å². The Morgan fingerprint density at radius 2 is 2.53 bits per heavy atom. The van der Waals surface area contributed by atoms with Crippen molar-refractivity contribution < 1.29 is 14.5 Å². The molecular weight excluding hydrogens is 252 g/mol. The summed E-state index contributed by atoms with van der Waals surface area (Å²) in [5.74, 6) is -0.533. The van der Waals surface area contributed by atoms with E-state index in [0.29, 0.717) is 19.7 Å². The topological polar surface area (TPSA) is 99.3 Å². The van der Waals surface area contributed by atoms with E-state index in [4.69, 9.17) is 4.74 Å². The summed E-state index contributed by atoms with van der Waals surface area (Å²) in [6.07, 6.45) is 3.13. The molecule has 2 heterocycles. The van der Waals surface area contributed by atoms with Crippen LogP contribution in [0.25, 0.3) is 0 Å². The third kappa shape index (κ3) is 3.08. The molecule has 19 heavy (non-hydrogen) atoms. The van der Waals surface area contributed by atoms with Gasteiger partial charge in [-0.3, -0.25) is 19.6 Å². The number of nitrogens with one attached hydrogen (secondary N) is 1. The second-order valence-electron chi connectivity index (χ2n) is 4.32. The van der Waals surface area contributed by atoms with Crippen LogP contribution < -0.4 is 5.32 Å². The molecule has 1 fully saturated rings. The van der Waals surface area contributed by atoms with E-state index in [9.17, 15) is 14.9 Å². The zero-order chi connectivity index (χ0) is 13.8. The SMILES string of the molecule is CCn1cc([N+](=O)[O-])c(C(=O)NCC2CCCO2)n1. The average Bonchev–Trinajstić information content (AvgIpc) is 3.04. The van der Waals surface area contributed by atoms with Gasteiger partial charge in [-0.1, -0.05) is 0 Å². The summed E-state index contributed by atoms with van der Waals surface area (Å²) in [5.41, 5.74) is -0.420. The molecule has 8 nitrogen and oxygen atoms in total. The molecule has 8 heteroatoms. The Hall–Kier alpha value is -1.96. The molecule has 1 atom stereocenters. The van der Waals surface area contributed by atoms with Crippen LogP contribution in [-0.4, -0.2) is 39.9 Å². The van der Waals surface area contributed by atoms with Crippen LogP contribution in [0.3, 0.4) is 0 Å². The Balaban J connectivity index is 2.04. The normalized spacial score (nSPS) is 18.5. The van der Waals surface area contributed by atoms with Gasteiger partial charge in [-0.2, -0.15) is 5.10 Å². The number of carbonyl (C=O) groups excluding carboxylic acids is 1. The minimum Gasteiger partial charge on any atom is -0.376 e. The molecule has 1 aliphatic rings. The fourth-order valence-electron chi connectivity index (χ4n) is 1.96. The third-order valence-corrected chi connectivity index (χ3v) is 2.99. The van der Waals surface area contributed by atoms with Crippen molar-refractivity contribution in [3.63, 3.8) is 0 Å². The van der Waals surface area contributed by atoms with E-state index >= 15 is 0 Å². The minimum absolute atomic E-state index is 0.00346. The van der Waals surface area contributed by atoms with Gasteiger partial charge in [-0.05, 0) is 19.8 Å². The molecule has 1 aromatic rings. The van der Waals surface area contributed by atoms with Crippen LogP contribution in [0.15, 0.2) is 6.20 Å². The summed E-state index contributed by atoms with van der Waals surface area (Å²) in [7, 11) is 0. The van der Waals surface area contributed by atoms with Crippen molar-refractivity contribution in [2.75, 3.05) is 13.2 Å². The monoisotopic (exact) mass is 268 g/mol. The maximum absolute atomic E-state index is 11.9. The van der Waals surface area contributed by atoms with E-state index in [-0.39, 0.29) is 17.5 Å². The van der Waals surface area contributed by atoms with Gasteiger partial charge in [0.1, 0.15) is 6.20 Å². The molecule has 1 amide bonds. The average molecular weight is 268 g/mol. The van der Waals surface area contributed by atoms with Gasteiger partial charge in [0.25, 0.3) is 5.91 Å². The Labute approximate surface area is 109 Å². The number of hydrogen-bond acceptors (Lipinski definition) is 5. The minimum atomic E-state index is -0.597. The summed E-state index contributed by atoms with van der Waals surface area (Å²) in [6, 6.07) is 0. The first-order valence-electron chi connectivity index (χ1n) is 6.23. The summed E-state index contributed by atoms with van der Waals surface area (Å²) >= 11 is 0. The molecule has 1 aromatic heterocycles. The zero-order valence-corrected chi connectivity index (χ0v) is 10.7. The van der Waals surface area contributed by atoms with Crippen molar-refractivity contribution in [1.82, 2.24) is 15.1 Å². The number of aryl methyl sites for hydroxylation is 1. The molecule has 1 unspecified atom stereocenters. The maximum atomic E-state index is 11.9. The molecule has 0 aromatic carbocycles. The largest absolute Gasteiger partial charge is 0.376 e. The lowest BCUT2D eigenvalue weighted by Gasteiger charge is -2.09. The van der Waals surface area contributed by atoms with Crippen molar-refractivity contribution in [1.29, 1.82) is 0 Å². The molecule has 2 rings (SSSR count). The maximum Gasteiger partial charge on any atom is 0.320 e. The van der Waals surface area contributed by atoms with Crippen LogP contribution in [0.2, 0.25) is 0 Å². The number of nitro groups is 1. The van der Waals surface area contributed by atoms with Crippen molar-refractivity contribution in [2.24, 2.45) is 0 Å². The predicted octanol–water partition coefficient (Wildman–Crippen LogP) is 0.720. The summed E-state index contributed by atoms with van der Waals surface area (Å²) in [5, 5.41) is 17.4. The van der Waals surface area contributed by atoms with E-state index in [2.05, 4.69) is 10.4 Å². The second-order valence-corrected chi connectivity index (χ2v) is 4.32. The molecule has 0 radical (unpaired) electrons. The lowest BCUT2D eigenvalue weighted by atomic mass is 10.2. The molecule has 0 saturated carbocycles. The van der Waals surface area contributed by atoms with Gasteiger partial charge in [0.05, 0.1) is 11.0 Å². The quantitative estimate of drug-likeness (QED) is 0.626. The van der Waals surface area contributed by atoms with E-state index < -0.39 is 10.8 Å². The molecule has 0 spiro atoms. The highest BCUT2D eigenvalue weighted by Gasteiger charge is 2.26. The summed E-state index contributed by atoms with van der Waals surface area (Å²) in [4.78, 5) is 22.2. The molecule has 104 valence electrons. The molecule has 1 aliphatic heterocycles. The highest BCUT2D eigenvalue weighted by atomic mass is 16.6. The standard InChI is InChI=1S/C11H16N4O4/c1-2-14-7-9(15(17)18)10(13-14)11(16)12-6-8-4-3-5-19-8/h7-8H,2-6H2,1H3,(H,12,16). The fourth-order valence-corrected chi connectivity index (χ4v) is 1.96. The van der Waals surface area contributed by atoms with Gasteiger partial charge in [0.2, 0.25) is 5.69 Å². The number of aromatic nitrogens is 2. The zero-order valence-electron chi connectivity index (χ0n) is 10.7. The van der Waals surface area contributed by atoms with Crippen LogP contribution in [-0.2, 0) is 11.3 Å². The lowest BCUT2D eigenvalue weighted by molar-refractivity contribution is -0.385. The first-order chi connectivity index (χ1) is 9.11. The van der Waals surface area contributed by atoms with Crippen LogP contribution in [0.1, 0.15) is 30.3 Å². The van der Waals surface area contributed by atoms with Crippen LogP contribution in [0.4, 0.5) is 5.69 Å². The van der Waals surface area contributed by atoms with Gasteiger partial charge in [0, 0.05) is 19.7 Å². The molecule has 0 aliphatic carbocycles. The Morgan fingerprint density at radius 1 is 1.74 bits per heavy atom. The molecule has 0 bridgehead atoms. The molecule has 1 N–H and O–H groups in total. The van der Waals surface area contributed by atoms with Crippen LogP contribution in [0.5, 0.6) is 0 Å². The molecular formula is C11H16N4O4.